The Hall–Kier alpha value is -14.2. The fourth-order valence-corrected chi connectivity index (χ4v) is 30.3. The summed E-state index contributed by atoms with van der Waals surface area (Å²) in [7, 11) is 1.59. The van der Waals surface area contributed by atoms with Gasteiger partial charge < -0.3 is 40.4 Å². The highest BCUT2D eigenvalue weighted by molar-refractivity contribution is 7.14. The van der Waals surface area contributed by atoms with E-state index >= 15 is 0 Å². The number of nitrogens with zero attached hydrogens (tertiary/aromatic N) is 6. The maximum Gasteiger partial charge on any atom is 0.373 e. The lowest BCUT2D eigenvalue weighted by atomic mass is 9.76. The van der Waals surface area contributed by atoms with E-state index in [1.165, 1.54) is 227 Å². The Balaban J connectivity index is 0.000000119. The molecule has 150 heavy (non-hydrogen) atoms. The molecule has 6 saturated carbocycles. The largest absolute Gasteiger partial charge is 0.496 e. The van der Waals surface area contributed by atoms with Gasteiger partial charge in [0.1, 0.15) is 16.3 Å². The predicted molar refractivity (Wildman–Crippen MR) is 595 cm³/mol. The Bertz CT molecular complexity index is 7550. The van der Waals surface area contributed by atoms with E-state index in [2.05, 4.69) is 267 Å². The van der Waals surface area contributed by atoms with E-state index in [-0.39, 0.29) is 50.3 Å². The number of H-pyrrole nitrogens is 1. The average molecular weight is 2020 g/mol. The molecule has 21 heteroatoms. The van der Waals surface area contributed by atoms with Crippen molar-refractivity contribution in [1.82, 2.24) is 34.9 Å². The number of aromatic carboxylic acids is 6. The maximum absolute atomic E-state index is 12.0. The smallest absolute Gasteiger partial charge is 0.373 e. The first-order valence-electron chi connectivity index (χ1n) is 52.8. The van der Waals surface area contributed by atoms with Crippen molar-refractivity contribution in [2.75, 3.05) is 7.11 Å². The van der Waals surface area contributed by atoms with Crippen molar-refractivity contribution in [3.63, 3.8) is 0 Å². The Morgan fingerprint density at radius 1 is 0.327 bits per heavy atom. The number of pyridine rings is 1. The van der Waals surface area contributed by atoms with Gasteiger partial charge in [0.2, 0.25) is 11.6 Å². The first-order chi connectivity index (χ1) is 70.9. The number of carbonyl (C=O) groups is 6. The minimum absolute atomic E-state index is 0.000905. The van der Waals surface area contributed by atoms with Gasteiger partial charge in [-0.2, -0.15) is 0 Å². The van der Waals surface area contributed by atoms with Crippen molar-refractivity contribution in [2.24, 2.45) is 0 Å². The molecule has 12 aliphatic rings. The number of fused-ring (bicyclic) bond motifs is 30. The number of aromatic nitrogens is 7. The number of allylic oxidation sites excluding steroid dienone is 7. The SMILES string of the molecule is C/C(=C\c1c[nH]c(C(=O)O)n1)c1ccc2c(c1)C1(C)CCC2(C)C1.C/C(=C\c1ccc(C(=O)O)s1)c1ccc2c(c1)C1(C)CCC2(C)C1.C/C(=C\c1cnc(C(=O)O)cn1)c1ccc2c(c1)C1(C)CCC2(C)C1.C/C(=C\c1cnc(C(=O)O)nc1)c1ccc2c(c1)C1(C)CCC2(C)C1.COc1cc(C(=O)O)ccc1/C(C/C(=C\c1ccc(C(=O)O)nc1)c1ccc2c(c1)C1(C)CCC2(C)C1)=C(\C)c1ccc2c(c1)C1(C)CCC2(C)C1. The Labute approximate surface area is 882 Å². The third-order valence-electron chi connectivity index (χ3n) is 37.4. The van der Waals surface area contributed by atoms with Gasteiger partial charge in [0.15, 0.2) is 5.69 Å². The molecule has 12 bridgehead atoms. The van der Waals surface area contributed by atoms with Gasteiger partial charge in [0, 0.05) is 40.8 Å². The van der Waals surface area contributed by atoms with Gasteiger partial charge in [0.05, 0.1) is 36.5 Å². The van der Waals surface area contributed by atoms with Crippen LogP contribution in [0.1, 0.15) is 435 Å². The summed E-state index contributed by atoms with van der Waals surface area (Å²) in [5, 5.41) is 55.2. The van der Waals surface area contributed by atoms with Crippen LogP contribution in [0.4, 0.5) is 0 Å². The van der Waals surface area contributed by atoms with Crippen molar-refractivity contribution in [1.29, 1.82) is 0 Å². The van der Waals surface area contributed by atoms with Crippen LogP contribution in [0.15, 0.2) is 189 Å². The zero-order valence-electron chi connectivity index (χ0n) is 89.4. The number of ether oxygens (including phenoxy) is 1. The quantitative estimate of drug-likeness (QED) is 0.0329. The molecule has 12 aromatic rings. The first-order valence-corrected chi connectivity index (χ1v) is 53.6. The van der Waals surface area contributed by atoms with E-state index in [1.807, 2.05) is 43.4 Å². The zero-order valence-corrected chi connectivity index (χ0v) is 90.2. The number of benzene rings is 7. The highest BCUT2D eigenvalue weighted by Gasteiger charge is 2.59. The number of aromatic amines is 1. The minimum Gasteiger partial charge on any atom is -0.496 e. The molecule has 5 aromatic heterocycles. The van der Waals surface area contributed by atoms with E-state index in [4.69, 9.17) is 25.2 Å². The summed E-state index contributed by atoms with van der Waals surface area (Å²) in [5.74, 6) is -5.82. The van der Waals surface area contributed by atoms with Crippen LogP contribution in [-0.2, 0) is 65.0 Å². The Morgan fingerprint density at radius 3 is 1.05 bits per heavy atom. The number of imidazole rings is 1. The molecule has 0 amide bonds. The second-order valence-electron chi connectivity index (χ2n) is 48.9. The molecule has 0 saturated heterocycles. The number of rotatable bonds is 21. The molecule has 20 nitrogen and oxygen atoms in total. The molecule has 6 fully saturated rings. The van der Waals surface area contributed by atoms with E-state index in [1.54, 1.807) is 56.2 Å². The van der Waals surface area contributed by atoms with E-state index in [0.717, 1.165) is 72.6 Å². The third kappa shape index (κ3) is 18.5. The molecular formula is C129H135N7O13S. The fraction of sp³-hybridized carbons (Fsp3) is 0.380. The molecule has 5 heterocycles. The number of methoxy groups -OCH3 is 1. The number of hydrogen-bond acceptors (Lipinski definition) is 14. The number of nitrogens with one attached hydrogen (secondary N) is 1. The summed E-state index contributed by atoms with van der Waals surface area (Å²) in [6.07, 6.45) is 42.2. The van der Waals surface area contributed by atoms with Crippen molar-refractivity contribution in [3.05, 3.63) is 355 Å². The topological polar surface area (TPSA) is 326 Å². The second-order valence-corrected chi connectivity index (χ2v) is 50.0. The van der Waals surface area contributed by atoms with Crippen LogP contribution < -0.4 is 4.74 Å². The lowest BCUT2D eigenvalue weighted by molar-refractivity contribution is 0.0673. The molecule has 0 spiro atoms. The average Bonchev–Trinajstić information content (AvgIpc) is 1.59. The Morgan fingerprint density at radius 2 is 0.693 bits per heavy atom. The van der Waals surface area contributed by atoms with Crippen LogP contribution >= 0.6 is 11.3 Å². The number of thiophene rings is 1. The summed E-state index contributed by atoms with van der Waals surface area (Å²) < 4.78 is 5.92. The van der Waals surface area contributed by atoms with Crippen molar-refractivity contribution in [3.8, 4) is 5.75 Å². The summed E-state index contributed by atoms with van der Waals surface area (Å²) >= 11 is 1.32. The second kappa shape index (κ2) is 37.5. The standard InChI is InChI=1S/C46H47NO5.2C21H22N2O2.C21H22O2S.C20H22N2O2/c1-27(29-9-12-35-37(21-29)45(4)17-15-43(35,2)25-45)34(33-11-8-31(41(48)49)23-40(33)52-6)20-32(19-28-7-14-39(42(50)51)47-24-28)30-10-13-36-38(22-30)46(5)18-16-44(36,3)26-46;1-13(8-14-10-22-18(19(24)25)23-11-14)15-4-5-16-17(9-15)21(3)7-6-20(16,2)12-21;1-13(8-15-10-23-18(11-22-15)19(24)25)14-4-5-16-17(9-14)21(3)7-6-20(16,2)12-21;1-13(10-15-5-7-18(24-15)19(22)23)14-4-6-16-17(11-14)21(3)9-8-20(16,2)12-21;1-12(8-14-10-21-17(22-14)18(23)24)13-4-5-15-16(9-13)20(3)7-6-19(15,2)11-20/h7-14,19,21-24H,15-18,20,25-26H2,1-6H3,(H,48,49)(H,50,51);2*4-5,8-11H,6-7,12H2,1-3H3,(H,24,25);4-7,10-11H,8-9,12H2,1-3H3,(H,22,23);4-5,8-10H,6-7,11H2,1-3H3,(H,21,22)(H,23,24)/b32-19+,34-27+;2*13-8+;13-10+;12-8+. The lowest BCUT2D eigenvalue weighted by Gasteiger charge is -2.28. The monoisotopic (exact) mass is 2020 g/mol. The molecule has 770 valence electrons. The van der Waals surface area contributed by atoms with E-state index in [9.17, 15) is 39.0 Å². The molecule has 12 unspecified atom stereocenters. The number of carboxylic acid groups (broad SMARTS) is 6. The number of hydrogen-bond donors (Lipinski definition) is 7. The summed E-state index contributed by atoms with van der Waals surface area (Å²) in [5.41, 5.74) is 40.0. The van der Waals surface area contributed by atoms with E-state index < -0.39 is 35.8 Å². The minimum atomic E-state index is -1.11. The third-order valence-corrected chi connectivity index (χ3v) is 38.4. The summed E-state index contributed by atoms with van der Waals surface area (Å²) in [6.45, 7) is 39.3. The fourth-order valence-electron chi connectivity index (χ4n) is 29.4. The highest BCUT2D eigenvalue weighted by atomic mass is 32.1. The molecule has 12 aliphatic carbocycles. The molecule has 7 N–H and O–H groups in total. The van der Waals surface area contributed by atoms with Crippen LogP contribution in [0.25, 0.3) is 69.4 Å². The molecule has 0 aliphatic heterocycles. The van der Waals surface area contributed by atoms with Gasteiger partial charge in [-0.3, -0.25) is 4.98 Å². The highest BCUT2D eigenvalue weighted by Crippen LogP contribution is 2.67. The normalized spacial score (nSPS) is 27.6. The van der Waals surface area contributed by atoms with Crippen LogP contribution in [-0.4, -0.2) is 108 Å². The van der Waals surface area contributed by atoms with Crippen LogP contribution in [0.3, 0.4) is 0 Å². The molecule has 12 atom stereocenters. The maximum atomic E-state index is 12.0. The lowest BCUT2D eigenvalue weighted by Crippen LogP contribution is -2.18. The van der Waals surface area contributed by atoms with Crippen molar-refractivity contribution >= 4 is 117 Å². The van der Waals surface area contributed by atoms with Gasteiger partial charge in [-0.15, -0.1) is 11.3 Å². The van der Waals surface area contributed by atoms with Crippen molar-refractivity contribution in [2.45, 2.75) is 305 Å². The van der Waals surface area contributed by atoms with Gasteiger partial charge in [0.25, 0.3) is 0 Å². The van der Waals surface area contributed by atoms with Gasteiger partial charge >= 0.3 is 35.8 Å². The predicted octanol–water partition coefficient (Wildman–Crippen LogP) is 29.5. The number of carboxylic acids is 6. The van der Waals surface area contributed by atoms with Gasteiger partial charge in [-0.25, -0.2) is 53.7 Å². The summed E-state index contributed by atoms with van der Waals surface area (Å²) in [4.78, 5) is 95.6. The molecule has 24 rings (SSSR count). The van der Waals surface area contributed by atoms with Gasteiger partial charge in [-0.05, 0) is 427 Å². The molecule has 7 aromatic carbocycles. The van der Waals surface area contributed by atoms with Gasteiger partial charge in [-0.1, -0.05) is 204 Å². The zero-order chi connectivity index (χ0) is 107. The first kappa shape index (κ1) is 103. The van der Waals surface area contributed by atoms with Crippen LogP contribution in [0.5, 0.6) is 5.75 Å². The molecular weight excluding hydrogens is 1890 g/mol. The molecule has 0 radical (unpaired) electrons. The van der Waals surface area contributed by atoms with Crippen LogP contribution in [0, 0.1) is 0 Å². The van der Waals surface area contributed by atoms with Crippen molar-refractivity contribution < 1.29 is 64.1 Å². The van der Waals surface area contributed by atoms with E-state index in [0.29, 0.717) is 71.8 Å². The Kier molecular flexibility index (Phi) is 25.7. The summed E-state index contributed by atoms with van der Waals surface area (Å²) in [6, 6.07) is 53.4. The van der Waals surface area contributed by atoms with Crippen LogP contribution in [0.2, 0.25) is 0 Å².